The van der Waals surface area contributed by atoms with Crippen molar-refractivity contribution in [2.45, 2.75) is 64.7 Å². The number of allylic oxidation sites excluding steroid dienone is 11. The molecule has 1 nitrogen and oxygen atoms in total. The molecule has 0 bridgehead atoms. The van der Waals surface area contributed by atoms with Gasteiger partial charge in [-0.1, -0.05) is 113 Å². The fourth-order valence-corrected chi connectivity index (χ4v) is 2.13. The Hall–Kier alpha value is -1.76. The lowest BCUT2D eigenvalue weighted by Gasteiger charge is -1.99. The highest BCUT2D eigenvalue weighted by molar-refractivity contribution is 5.19. The standard InChI is InChI=1S/C22H34O/c1-2-3-4-5-6-7-8-9-10-11-12-13-14-15-16-17-18-19-20-21-22-23/h11-23H,2-10H2,1H3/b12-11?,14-13?,16-15?,18-17?,20-19?,22-21+. The number of unbranched alkanes of at least 4 members (excludes halogenated alkanes) is 8. The molecule has 0 heterocycles. The summed E-state index contributed by atoms with van der Waals surface area (Å²) < 4.78 is 0. The van der Waals surface area contributed by atoms with E-state index >= 15 is 0 Å². The second kappa shape index (κ2) is 20.2. The molecule has 0 unspecified atom stereocenters. The van der Waals surface area contributed by atoms with E-state index in [1.165, 1.54) is 57.8 Å². The third-order valence-corrected chi connectivity index (χ3v) is 3.45. The van der Waals surface area contributed by atoms with Gasteiger partial charge in [0.15, 0.2) is 0 Å². The van der Waals surface area contributed by atoms with E-state index in [4.69, 9.17) is 5.11 Å². The molecule has 0 aliphatic heterocycles. The fourth-order valence-electron chi connectivity index (χ4n) is 2.13. The van der Waals surface area contributed by atoms with Gasteiger partial charge in [-0.3, -0.25) is 0 Å². The van der Waals surface area contributed by atoms with Crippen LogP contribution in [0.2, 0.25) is 0 Å². The summed E-state index contributed by atoms with van der Waals surface area (Å²) in [7, 11) is 0. The maximum atomic E-state index is 8.42. The number of rotatable bonds is 14. The van der Waals surface area contributed by atoms with Crippen molar-refractivity contribution in [1.29, 1.82) is 0 Å². The first-order valence-electron chi connectivity index (χ1n) is 9.04. The van der Waals surface area contributed by atoms with Gasteiger partial charge in [-0.05, 0) is 18.9 Å². The fraction of sp³-hybridized carbons (Fsp3) is 0.455. The van der Waals surface area contributed by atoms with Crippen molar-refractivity contribution in [2.24, 2.45) is 0 Å². The topological polar surface area (TPSA) is 20.2 Å². The number of hydrogen-bond donors (Lipinski definition) is 1. The predicted molar refractivity (Wildman–Crippen MR) is 105 cm³/mol. The van der Waals surface area contributed by atoms with Gasteiger partial charge in [-0.2, -0.15) is 0 Å². The van der Waals surface area contributed by atoms with E-state index in [1.54, 1.807) is 12.2 Å². The molecular formula is C22H34O. The molecular weight excluding hydrogens is 280 g/mol. The van der Waals surface area contributed by atoms with Gasteiger partial charge in [0.05, 0.1) is 6.26 Å². The highest BCUT2D eigenvalue weighted by Crippen LogP contribution is 2.09. The summed E-state index contributed by atoms with van der Waals surface area (Å²) >= 11 is 0. The van der Waals surface area contributed by atoms with Crippen LogP contribution in [0.4, 0.5) is 0 Å². The highest BCUT2D eigenvalue weighted by Gasteiger charge is 1.89. The van der Waals surface area contributed by atoms with Gasteiger partial charge in [0.2, 0.25) is 0 Å². The number of aliphatic hydroxyl groups excluding tert-OH is 1. The van der Waals surface area contributed by atoms with Gasteiger partial charge >= 0.3 is 0 Å². The predicted octanol–water partition coefficient (Wildman–Crippen LogP) is 7.37. The molecule has 0 fully saturated rings. The van der Waals surface area contributed by atoms with Crippen LogP contribution in [0, 0.1) is 0 Å². The SMILES string of the molecule is CCCCCCCCCCC=CC=CC=CC=CC=C/C=C/O. The lowest BCUT2D eigenvalue weighted by Crippen LogP contribution is -1.79. The van der Waals surface area contributed by atoms with E-state index in [0.717, 1.165) is 6.26 Å². The molecule has 0 atom stereocenters. The molecule has 0 aliphatic rings. The van der Waals surface area contributed by atoms with Crippen LogP contribution in [0.5, 0.6) is 0 Å². The highest BCUT2D eigenvalue weighted by atomic mass is 16.2. The molecule has 0 aromatic carbocycles. The van der Waals surface area contributed by atoms with E-state index in [9.17, 15) is 0 Å². The largest absolute Gasteiger partial charge is 0.516 e. The molecule has 0 aliphatic carbocycles. The Morgan fingerprint density at radius 2 is 0.957 bits per heavy atom. The normalized spacial score (nSPS) is 13.3. The monoisotopic (exact) mass is 314 g/mol. The second-order valence-electron chi connectivity index (χ2n) is 5.57. The third-order valence-electron chi connectivity index (χ3n) is 3.45. The van der Waals surface area contributed by atoms with Crippen LogP contribution in [0.15, 0.2) is 73.1 Å². The molecule has 0 amide bonds. The Labute approximate surface area is 143 Å². The first-order valence-corrected chi connectivity index (χ1v) is 9.04. The van der Waals surface area contributed by atoms with Crippen molar-refractivity contribution in [3.05, 3.63) is 73.1 Å². The van der Waals surface area contributed by atoms with Gasteiger partial charge < -0.3 is 5.11 Å². The van der Waals surface area contributed by atoms with Gasteiger partial charge in [-0.25, -0.2) is 0 Å². The number of aliphatic hydroxyl groups is 1. The molecule has 128 valence electrons. The Kier molecular flexibility index (Phi) is 18.7. The molecule has 0 spiro atoms. The van der Waals surface area contributed by atoms with E-state index in [1.807, 2.05) is 36.5 Å². The van der Waals surface area contributed by atoms with Crippen LogP contribution in [-0.2, 0) is 0 Å². The third kappa shape index (κ3) is 20.2. The molecule has 0 saturated heterocycles. The zero-order chi connectivity index (χ0) is 16.8. The quantitative estimate of drug-likeness (QED) is 0.201. The minimum absolute atomic E-state index is 1.02. The van der Waals surface area contributed by atoms with Crippen LogP contribution >= 0.6 is 0 Å². The summed E-state index contributed by atoms with van der Waals surface area (Å²) in [4.78, 5) is 0. The van der Waals surface area contributed by atoms with Crippen LogP contribution in [0.1, 0.15) is 64.7 Å². The number of hydrogen-bond acceptors (Lipinski definition) is 1. The zero-order valence-electron chi connectivity index (χ0n) is 14.7. The second-order valence-corrected chi connectivity index (χ2v) is 5.57. The molecule has 0 saturated carbocycles. The van der Waals surface area contributed by atoms with E-state index in [2.05, 4.69) is 25.2 Å². The Morgan fingerprint density at radius 1 is 0.522 bits per heavy atom. The van der Waals surface area contributed by atoms with Crippen LogP contribution in [0.25, 0.3) is 0 Å². The van der Waals surface area contributed by atoms with Crippen molar-refractivity contribution < 1.29 is 5.11 Å². The molecule has 0 aromatic heterocycles. The van der Waals surface area contributed by atoms with Gasteiger partial charge in [-0.15, -0.1) is 0 Å². The maximum absolute atomic E-state index is 8.42. The average molecular weight is 315 g/mol. The molecule has 0 radical (unpaired) electrons. The smallest absolute Gasteiger partial charge is 0.0791 e. The Bertz CT molecular complexity index is 394. The molecule has 0 rings (SSSR count). The summed E-state index contributed by atoms with van der Waals surface area (Å²) in [6.07, 6.45) is 34.8. The molecule has 0 aromatic rings. The van der Waals surface area contributed by atoms with Crippen LogP contribution in [-0.4, -0.2) is 5.11 Å². The van der Waals surface area contributed by atoms with Crippen molar-refractivity contribution >= 4 is 0 Å². The summed E-state index contributed by atoms with van der Waals surface area (Å²) in [5.41, 5.74) is 0. The first-order chi connectivity index (χ1) is 11.4. The summed E-state index contributed by atoms with van der Waals surface area (Å²) in [5.74, 6) is 0. The van der Waals surface area contributed by atoms with E-state index < -0.39 is 0 Å². The minimum atomic E-state index is 1.02. The van der Waals surface area contributed by atoms with Gasteiger partial charge in [0, 0.05) is 0 Å². The van der Waals surface area contributed by atoms with Crippen LogP contribution < -0.4 is 0 Å². The van der Waals surface area contributed by atoms with Crippen molar-refractivity contribution in [3.63, 3.8) is 0 Å². The Morgan fingerprint density at radius 3 is 1.48 bits per heavy atom. The zero-order valence-corrected chi connectivity index (χ0v) is 14.7. The minimum Gasteiger partial charge on any atom is -0.516 e. The van der Waals surface area contributed by atoms with E-state index in [0.29, 0.717) is 0 Å². The van der Waals surface area contributed by atoms with Crippen molar-refractivity contribution in [2.75, 3.05) is 0 Å². The van der Waals surface area contributed by atoms with E-state index in [-0.39, 0.29) is 0 Å². The summed E-state index contributed by atoms with van der Waals surface area (Å²) in [6.45, 7) is 2.27. The molecule has 1 heteroatoms. The molecule has 1 N–H and O–H groups in total. The summed E-state index contributed by atoms with van der Waals surface area (Å²) in [5, 5.41) is 8.42. The van der Waals surface area contributed by atoms with Crippen molar-refractivity contribution in [1.82, 2.24) is 0 Å². The summed E-state index contributed by atoms with van der Waals surface area (Å²) in [6, 6.07) is 0. The van der Waals surface area contributed by atoms with Crippen molar-refractivity contribution in [3.8, 4) is 0 Å². The first kappa shape index (κ1) is 21.2. The maximum Gasteiger partial charge on any atom is 0.0791 e. The lowest BCUT2D eigenvalue weighted by atomic mass is 10.1. The average Bonchev–Trinajstić information content (AvgIpc) is 2.57. The Balaban J connectivity index is 3.45. The lowest BCUT2D eigenvalue weighted by molar-refractivity contribution is 0.474. The van der Waals surface area contributed by atoms with Crippen LogP contribution in [0.3, 0.4) is 0 Å². The van der Waals surface area contributed by atoms with Gasteiger partial charge in [0.1, 0.15) is 0 Å². The molecule has 23 heavy (non-hydrogen) atoms. The van der Waals surface area contributed by atoms with Gasteiger partial charge in [0.25, 0.3) is 0 Å².